The smallest absolute Gasteiger partial charge is 0.222 e. The lowest BCUT2D eigenvalue weighted by atomic mass is 10.2. The largest absolute Gasteiger partial charge is 0.497 e. The molecule has 3 N–H and O–H groups in total. The predicted molar refractivity (Wildman–Crippen MR) is 71.8 cm³/mol. The molecule has 0 atom stereocenters. The van der Waals surface area contributed by atoms with Gasteiger partial charge in [0, 0.05) is 6.54 Å². The van der Waals surface area contributed by atoms with Crippen molar-refractivity contribution in [2.75, 3.05) is 18.2 Å². The number of nitrogens with one attached hydrogen (secondary N) is 1. The number of nitrogens with two attached hydrogens (primary N) is 1. The Morgan fingerprint density at radius 2 is 2.06 bits per heavy atom. The highest BCUT2D eigenvalue weighted by Crippen LogP contribution is 2.19. The topological polar surface area (TPSA) is 73.1 Å². The van der Waals surface area contributed by atoms with Crippen LogP contribution in [0.3, 0.4) is 0 Å². The monoisotopic (exact) mass is 264 g/mol. The number of hydrogen-bond acceptors (Lipinski definition) is 5. The Bertz CT molecular complexity index is 530. The maximum atomic E-state index is 5.95. The molecular formula is C12H13ClN4O. The van der Waals surface area contributed by atoms with E-state index in [0.717, 1.165) is 11.3 Å². The third kappa shape index (κ3) is 3.01. The lowest BCUT2D eigenvalue weighted by Gasteiger charge is -2.08. The highest BCUT2D eigenvalue weighted by atomic mass is 35.5. The summed E-state index contributed by atoms with van der Waals surface area (Å²) >= 11 is 5.95. The van der Waals surface area contributed by atoms with Gasteiger partial charge in [-0.15, -0.1) is 0 Å². The summed E-state index contributed by atoms with van der Waals surface area (Å²) in [6.07, 6.45) is 1.47. The van der Waals surface area contributed by atoms with Crippen molar-refractivity contribution < 1.29 is 4.74 Å². The molecular weight excluding hydrogens is 252 g/mol. The molecule has 5 nitrogen and oxygen atoms in total. The van der Waals surface area contributed by atoms with E-state index in [1.54, 1.807) is 7.11 Å². The molecule has 0 fully saturated rings. The Labute approximate surface area is 110 Å². The zero-order valence-electron chi connectivity index (χ0n) is 9.85. The molecule has 0 aliphatic rings. The Morgan fingerprint density at radius 1 is 1.33 bits per heavy atom. The summed E-state index contributed by atoms with van der Waals surface area (Å²) < 4.78 is 5.09. The number of halogens is 1. The number of ether oxygens (including phenoxy) is 1. The van der Waals surface area contributed by atoms with Gasteiger partial charge in [0.2, 0.25) is 5.95 Å². The van der Waals surface area contributed by atoms with Gasteiger partial charge in [0.05, 0.1) is 13.3 Å². The second-order valence-corrected chi connectivity index (χ2v) is 4.03. The van der Waals surface area contributed by atoms with Crippen molar-refractivity contribution in [2.24, 2.45) is 0 Å². The number of hydrogen-bond donors (Lipinski definition) is 2. The van der Waals surface area contributed by atoms with Crippen LogP contribution in [-0.4, -0.2) is 17.1 Å². The number of methoxy groups -OCH3 is 1. The number of rotatable bonds is 4. The Balaban J connectivity index is 2.04. The molecule has 18 heavy (non-hydrogen) atoms. The number of aromatic nitrogens is 2. The Kier molecular flexibility index (Phi) is 3.84. The minimum Gasteiger partial charge on any atom is -0.497 e. The van der Waals surface area contributed by atoms with Crippen LogP contribution in [0, 0.1) is 0 Å². The lowest BCUT2D eigenvalue weighted by molar-refractivity contribution is 0.414. The van der Waals surface area contributed by atoms with E-state index in [1.807, 2.05) is 24.3 Å². The zero-order chi connectivity index (χ0) is 13.0. The highest BCUT2D eigenvalue weighted by molar-refractivity contribution is 6.32. The van der Waals surface area contributed by atoms with Crippen LogP contribution < -0.4 is 15.8 Å². The first-order valence-electron chi connectivity index (χ1n) is 5.34. The molecule has 1 aromatic heterocycles. The van der Waals surface area contributed by atoms with Gasteiger partial charge in [-0.1, -0.05) is 23.7 Å². The van der Waals surface area contributed by atoms with Gasteiger partial charge in [0.25, 0.3) is 0 Å². The van der Waals surface area contributed by atoms with Crippen molar-refractivity contribution in [1.82, 2.24) is 9.97 Å². The number of benzene rings is 1. The second-order valence-electron chi connectivity index (χ2n) is 3.63. The average Bonchev–Trinajstić information content (AvgIpc) is 2.40. The maximum Gasteiger partial charge on any atom is 0.222 e. The van der Waals surface area contributed by atoms with E-state index in [0.29, 0.717) is 17.4 Å². The zero-order valence-corrected chi connectivity index (χ0v) is 10.6. The third-order valence-electron chi connectivity index (χ3n) is 2.38. The molecule has 0 aliphatic carbocycles. The molecule has 0 unspecified atom stereocenters. The van der Waals surface area contributed by atoms with Gasteiger partial charge in [-0.2, -0.15) is 4.98 Å². The molecule has 2 rings (SSSR count). The lowest BCUT2D eigenvalue weighted by Crippen LogP contribution is -2.04. The predicted octanol–water partition coefficient (Wildman–Crippen LogP) is 2.33. The van der Waals surface area contributed by atoms with Gasteiger partial charge >= 0.3 is 0 Å². The molecule has 94 valence electrons. The molecule has 0 radical (unpaired) electrons. The van der Waals surface area contributed by atoms with E-state index in [9.17, 15) is 0 Å². The standard InChI is InChI=1S/C12H13ClN4O/c1-18-9-4-2-8(3-5-9)6-15-11-10(13)7-16-12(14)17-11/h2-5,7H,6H2,1H3,(H3,14,15,16,17). The first kappa shape index (κ1) is 12.4. The van der Waals surface area contributed by atoms with Crippen LogP contribution in [0.1, 0.15) is 5.56 Å². The van der Waals surface area contributed by atoms with Gasteiger partial charge in [-0.3, -0.25) is 0 Å². The van der Waals surface area contributed by atoms with Gasteiger partial charge in [-0.25, -0.2) is 4.98 Å². The summed E-state index contributed by atoms with van der Waals surface area (Å²) in [7, 11) is 1.64. The summed E-state index contributed by atoms with van der Waals surface area (Å²) in [5.74, 6) is 1.54. The van der Waals surface area contributed by atoms with Crippen LogP contribution in [0.5, 0.6) is 5.75 Å². The molecule has 0 spiro atoms. The summed E-state index contributed by atoms with van der Waals surface area (Å²) in [5, 5.41) is 3.55. The van der Waals surface area contributed by atoms with Crippen molar-refractivity contribution in [3.63, 3.8) is 0 Å². The second kappa shape index (κ2) is 5.55. The van der Waals surface area contributed by atoms with E-state index >= 15 is 0 Å². The fourth-order valence-corrected chi connectivity index (χ4v) is 1.59. The molecule has 6 heteroatoms. The van der Waals surface area contributed by atoms with Crippen LogP contribution in [-0.2, 0) is 6.54 Å². The van der Waals surface area contributed by atoms with Gasteiger partial charge in [0.15, 0.2) is 5.82 Å². The van der Waals surface area contributed by atoms with Crippen molar-refractivity contribution in [2.45, 2.75) is 6.54 Å². The summed E-state index contributed by atoms with van der Waals surface area (Å²) in [6, 6.07) is 7.72. The van der Waals surface area contributed by atoms with E-state index in [2.05, 4.69) is 15.3 Å². The van der Waals surface area contributed by atoms with E-state index in [-0.39, 0.29) is 5.95 Å². The molecule has 0 amide bonds. The van der Waals surface area contributed by atoms with Gasteiger partial charge in [-0.05, 0) is 17.7 Å². The molecule has 0 saturated heterocycles. The minimum absolute atomic E-state index is 0.191. The molecule has 0 aliphatic heterocycles. The normalized spacial score (nSPS) is 10.1. The summed E-state index contributed by atoms with van der Waals surface area (Å²) in [6.45, 7) is 0.597. The Morgan fingerprint density at radius 3 is 2.72 bits per heavy atom. The molecule has 1 heterocycles. The van der Waals surface area contributed by atoms with E-state index in [4.69, 9.17) is 22.1 Å². The van der Waals surface area contributed by atoms with Crippen LogP contribution in [0.25, 0.3) is 0 Å². The van der Waals surface area contributed by atoms with Crippen LogP contribution >= 0.6 is 11.6 Å². The maximum absolute atomic E-state index is 5.95. The van der Waals surface area contributed by atoms with Crippen molar-refractivity contribution in [3.8, 4) is 5.75 Å². The van der Waals surface area contributed by atoms with E-state index < -0.39 is 0 Å². The molecule has 2 aromatic rings. The molecule has 0 bridgehead atoms. The van der Waals surface area contributed by atoms with Crippen LogP contribution in [0.2, 0.25) is 5.02 Å². The fourth-order valence-electron chi connectivity index (χ4n) is 1.43. The summed E-state index contributed by atoms with van der Waals surface area (Å²) in [4.78, 5) is 7.82. The van der Waals surface area contributed by atoms with Gasteiger partial charge < -0.3 is 15.8 Å². The first-order valence-corrected chi connectivity index (χ1v) is 5.71. The Hall–Kier alpha value is -2.01. The van der Waals surface area contributed by atoms with Crippen LogP contribution in [0.15, 0.2) is 30.5 Å². The minimum atomic E-state index is 0.191. The first-order chi connectivity index (χ1) is 8.69. The van der Waals surface area contributed by atoms with Gasteiger partial charge in [0.1, 0.15) is 10.8 Å². The van der Waals surface area contributed by atoms with E-state index in [1.165, 1.54) is 6.20 Å². The third-order valence-corrected chi connectivity index (χ3v) is 2.66. The highest BCUT2D eigenvalue weighted by Gasteiger charge is 2.03. The summed E-state index contributed by atoms with van der Waals surface area (Å²) in [5.41, 5.74) is 6.58. The fraction of sp³-hybridized carbons (Fsp3) is 0.167. The van der Waals surface area contributed by atoms with Crippen LogP contribution in [0.4, 0.5) is 11.8 Å². The average molecular weight is 265 g/mol. The quantitative estimate of drug-likeness (QED) is 0.887. The number of nitrogen functional groups attached to an aromatic ring is 1. The SMILES string of the molecule is COc1ccc(CNc2nc(N)ncc2Cl)cc1. The molecule has 1 aromatic carbocycles. The van der Waals surface area contributed by atoms with Crippen molar-refractivity contribution >= 4 is 23.4 Å². The van der Waals surface area contributed by atoms with Crippen molar-refractivity contribution in [1.29, 1.82) is 0 Å². The van der Waals surface area contributed by atoms with Crippen molar-refractivity contribution in [3.05, 3.63) is 41.0 Å². The number of anilines is 2. The number of nitrogens with zero attached hydrogens (tertiary/aromatic N) is 2. The molecule has 0 saturated carbocycles.